The minimum absolute atomic E-state index is 0.00973. The third-order valence-electron chi connectivity index (χ3n) is 8.60. The van der Waals surface area contributed by atoms with E-state index in [1.54, 1.807) is 0 Å². The van der Waals surface area contributed by atoms with E-state index in [2.05, 4.69) is 20.5 Å². The molecule has 23 nitrogen and oxygen atoms in total. The SMILES string of the molecule is Nc1ccc2cc(S(=O)(=O)O)c(N=Nc3ccc(/C=C/c4ccc(N=Nc5c(S(=O)(=O)O)cc6cc(S(=O)(=O)O)cc(N)c6c5O)cc4S(=O)(=O)O)cc3S(=O)(=O)O)c(O)c2c1. The Bertz CT molecular complexity index is 3600. The summed E-state index contributed by atoms with van der Waals surface area (Å²) in [6.07, 6.45) is 2.17. The Kier molecular flexibility index (Phi) is 11.5. The molecule has 0 amide bonds. The first-order valence-corrected chi connectivity index (χ1v) is 23.6. The maximum absolute atomic E-state index is 12.4. The van der Waals surface area contributed by atoms with Gasteiger partial charge in [-0.05, 0) is 82.6 Å². The molecule has 0 radical (unpaired) electrons. The van der Waals surface area contributed by atoms with Crippen LogP contribution < -0.4 is 11.5 Å². The van der Waals surface area contributed by atoms with Crippen LogP contribution in [-0.4, -0.2) is 75.1 Å². The Balaban J connectivity index is 1.38. The van der Waals surface area contributed by atoms with E-state index in [1.165, 1.54) is 24.3 Å². The fourth-order valence-corrected chi connectivity index (χ4v) is 9.08. The Morgan fingerprint density at radius 1 is 0.484 bits per heavy atom. The molecule has 0 atom stereocenters. The summed E-state index contributed by atoms with van der Waals surface area (Å²) in [5.41, 5.74) is 8.17. The van der Waals surface area contributed by atoms with Crippen molar-refractivity contribution in [3.8, 4) is 11.5 Å². The number of hydrogen-bond acceptors (Lipinski definition) is 18. The molecule has 0 aliphatic heterocycles. The van der Waals surface area contributed by atoms with Gasteiger partial charge < -0.3 is 21.7 Å². The highest BCUT2D eigenvalue weighted by Gasteiger charge is 2.26. The van der Waals surface area contributed by atoms with Gasteiger partial charge in [-0.15, -0.1) is 15.3 Å². The fourth-order valence-electron chi connectivity index (χ4n) is 5.85. The van der Waals surface area contributed by atoms with Gasteiger partial charge in [0.2, 0.25) is 0 Å². The molecule has 0 heterocycles. The van der Waals surface area contributed by atoms with E-state index in [4.69, 9.17) is 11.5 Å². The van der Waals surface area contributed by atoms with Crippen LogP contribution >= 0.6 is 0 Å². The number of phenolic OH excluding ortho intramolecular Hbond substituents is 2. The van der Waals surface area contributed by atoms with Gasteiger partial charge in [0.05, 0.1) is 10.6 Å². The van der Waals surface area contributed by atoms with Gasteiger partial charge >= 0.3 is 0 Å². The van der Waals surface area contributed by atoms with Gasteiger partial charge in [0.25, 0.3) is 50.6 Å². The number of fused-ring (bicyclic) bond motifs is 2. The van der Waals surface area contributed by atoms with Crippen molar-refractivity contribution in [1.29, 1.82) is 0 Å². The number of anilines is 2. The number of phenols is 2. The maximum Gasteiger partial charge on any atom is 0.296 e. The second-order valence-electron chi connectivity index (χ2n) is 12.8. The second kappa shape index (κ2) is 15.8. The third kappa shape index (κ3) is 9.37. The molecule has 62 heavy (non-hydrogen) atoms. The summed E-state index contributed by atoms with van der Waals surface area (Å²) in [6, 6.07) is 13.0. The number of azo groups is 2. The lowest BCUT2D eigenvalue weighted by Crippen LogP contribution is -2.02. The average Bonchev–Trinajstić information content (AvgIpc) is 3.14. The predicted octanol–water partition coefficient (Wildman–Crippen LogP) is 5.80. The molecule has 0 unspecified atom stereocenters. The van der Waals surface area contributed by atoms with E-state index in [0.29, 0.717) is 6.07 Å². The molecule has 0 aliphatic rings. The van der Waals surface area contributed by atoms with Crippen LogP contribution in [-0.2, 0) is 50.6 Å². The first-order valence-electron chi connectivity index (χ1n) is 16.4. The topological polar surface area (TPSA) is 414 Å². The lowest BCUT2D eigenvalue weighted by Gasteiger charge is -2.12. The smallest absolute Gasteiger partial charge is 0.296 e. The van der Waals surface area contributed by atoms with Gasteiger partial charge in [-0.3, -0.25) is 22.8 Å². The quantitative estimate of drug-likeness (QED) is 0.0320. The van der Waals surface area contributed by atoms with Gasteiger partial charge in [0, 0.05) is 22.1 Å². The molecular formula is C34H26N6O17S5. The van der Waals surface area contributed by atoms with Crippen LogP contribution in [0.5, 0.6) is 11.5 Å². The largest absolute Gasteiger partial charge is 0.505 e. The van der Waals surface area contributed by atoms with E-state index in [9.17, 15) is 75.1 Å². The van der Waals surface area contributed by atoms with Crippen LogP contribution in [0.3, 0.4) is 0 Å². The molecule has 28 heteroatoms. The summed E-state index contributed by atoms with van der Waals surface area (Å²) in [6.45, 7) is 0. The number of aromatic hydroxyl groups is 2. The minimum Gasteiger partial charge on any atom is -0.505 e. The summed E-state index contributed by atoms with van der Waals surface area (Å²) >= 11 is 0. The molecule has 6 aromatic rings. The van der Waals surface area contributed by atoms with Gasteiger partial charge in [0.15, 0.2) is 11.5 Å². The van der Waals surface area contributed by atoms with Crippen molar-refractivity contribution in [3.63, 3.8) is 0 Å². The molecule has 0 saturated heterocycles. The second-order valence-corrected chi connectivity index (χ2v) is 19.8. The fraction of sp³-hybridized carbons (Fsp3) is 0. The van der Waals surface area contributed by atoms with Crippen LogP contribution in [0.1, 0.15) is 11.1 Å². The molecule has 6 aromatic carbocycles. The number of rotatable bonds is 11. The lowest BCUT2D eigenvalue weighted by atomic mass is 10.1. The number of nitrogens with zero attached hydrogens (tertiary/aromatic N) is 4. The van der Waals surface area contributed by atoms with Gasteiger partial charge in [-0.25, -0.2) is 0 Å². The zero-order chi connectivity index (χ0) is 45.9. The highest BCUT2D eigenvalue weighted by atomic mass is 32.2. The molecule has 0 spiro atoms. The predicted molar refractivity (Wildman–Crippen MR) is 219 cm³/mol. The zero-order valence-corrected chi connectivity index (χ0v) is 34.4. The van der Waals surface area contributed by atoms with Crippen LogP contribution in [0.15, 0.2) is 124 Å². The number of nitrogens with two attached hydrogens (primary N) is 2. The maximum atomic E-state index is 12.4. The molecule has 11 N–H and O–H groups in total. The minimum atomic E-state index is -5.25. The normalized spacial score (nSPS) is 13.3. The van der Waals surface area contributed by atoms with Crippen molar-refractivity contribution in [2.24, 2.45) is 20.5 Å². The Labute approximate surface area is 349 Å². The number of nitrogen functional groups attached to an aromatic ring is 2. The van der Waals surface area contributed by atoms with E-state index in [1.807, 2.05) is 0 Å². The first-order chi connectivity index (χ1) is 28.5. The van der Waals surface area contributed by atoms with Crippen LogP contribution in [0.25, 0.3) is 33.7 Å². The van der Waals surface area contributed by atoms with Gasteiger partial charge in [0.1, 0.15) is 36.6 Å². The van der Waals surface area contributed by atoms with Crippen LogP contribution in [0.2, 0.25) is 0 Å². The van der Waals surface area contributed by atoms with E-state index in [-0.39, 0.29) is 38.4 Å². The van der Waals surface area contributed by atoms with Crippen LogP contribution in [0.4, 0.5) is 34.1 Å². The Morgan fingerprint density at radius 2 is 1.06 bits per heavy atom. The number of hydrogen-bond donors (Lipinski definition) is 9. The first kappa shape index (κ1) is 45.1. The van der Waals surface area contributed by atoms with Gasteiger partial charge in [-0.2, -0.15) is 47.2 Å². The summed E-state index contributed by atoms with van der Waals surface area (Å²) in [4.78, 5) is -4.59. The highest BCUT2D eigenvalue weighted by molar-refractivity contribution is 7.87. The molecule has 0 aromatic heterocycles. The monoisotopic (exact) mass is 950 g/mol. The van der Waals surface area contributed by atoms with Crippen molar-refractivity contribution in [3.05, 3.63) is 90.0 Å². The molecular weight excluding hydrogens is 925 g/mol. The standard InChI is InChI=1S/C34H26N6O17S5/c35-20-6-4-18-11-28(61(52,53)54)31(33(41)23(18)13-20)40-38-25-8-2-16(9-27(25)60(49,50)51)1-3-17-5-7-21(14-26(17)59(46,47)48)37-39-32-29(62(55,56)57)12-19-10-22(58(43,44)45)15-24(36)30(19)34(32)42/h1-15,41-42H,35-36H2,(H,43,44,45)(H,46,47,48)(H,49,50,51)(H,52,53,54)(H,55,56,57)/b3-1+,39-37?,40-38?. The van der Waals surface area contributed by atoms with Crippen molar-refractivity contribution in [2.75, 3.05) is 11.5 Å². The summed E-state index contributed by atoms with van der Waals surface area (Å²) in [5.74, 6) is -1.84. The van der Waals surface area contributed by atoms with Crippen molar-refractivity contribution in [1.82, 2.24) is 0 Å². The average molecular weight is 951 g/mol. The Hall–Kier alpha value is -6.47. The molecule has 0 aliphatic carbocycles. The molecule has 0 bridgehead atoms. The molecule has 0 saturated carbocycles. The summed E-state index contributed by atoms with van der Waals surface area (Å²) in [7, 11) is -25.4. The van der Waals surface area contributed by atoms with Gasteiger partial charge in [-0.1, -0.05) is 30.4 Å². The zero-order valence-electron chi connectivity index (χ0n) is 30.4. The van der Waals surface area contributed by atoms with Crippen LogP contribution in [0, 0.1) is 0 Å². The summed E-state index contributed by atoms with van der Waals surface area (Å²) in [5, 5.41) is 35.8. The summed E-state index contributed by atoms with van der Waals surface area (Å²) < 4.78 is 171. The van der Waals surface area contributed by atoms with E-state index >= 15 is 0 Å². The lowest BCUT2D eigenvalue weighted by molar-refractivity contribution is 0.471. The number of benzene rings is 6. The Morgan fingerprint density at radius 3 is 1.66 bits per heavy atom. The molecule has 0 fully saturated rings. The van der Waals surface area contributed by atoms with Crippen molar-refractivity contribution in [2.45, 2.75) is 24.5 Å². The van der Waals surface area contributed by atoms with Crippen molar-refractivity contribution >= 4 is 118 Å². The van der Waals surface area contributed by atoms with E-state index in [0.717, 1.165) is 60.7 Å². The highest BCUT2D eigenvalue weighted by Crippen LogP contribution is 2.45. The molecule has 324 valence electrons. The van der Waals surface area contributed by atoms with Crippen molar-refractivity contribution < 1.29 is 75.1 Å². The third-order valence-corrected chi connectivity index (χ3v) is 13.0. The van der Waals surface area contributed by atoms with E-state index < -0.39 is 115 Å². The molecule has 6 rings (SSSR count).